The lowest BCUT2D eigenvalue weighted by atomic mass is 10.1. The van der Waals surface area contributed by atoms with Gasteiger partial charge in [0.05, 0.1) is 27.2 Å². The molecule has 5 nitrogen and oxygen atoms in total. The van der Waals surface area contributed by atoms with Crippen molar-refractivity contribution < 1.29 is 22.1 Å². The number of hydrogen-bond acceptors (Lipinski definition) is 4. The van der Waals surface area contributed by atoms with Gasteiger partial charge in [-0.15, -0.1) is 0 Å². The van der Waals surface area contributed by atoms with Crippen LogP contribution in [0.5, 0.6) is 0 Å². The maximum atomic E-state index is 9.22. The van der Waals surface area contributed by atoms with Gasteiger partial charge in [-0.2, -0.15) is 0 Å². The third kappa shape index (κ3) is 9.75. The van der Waals surface area contributed by atoms with Gasteiger partial charge < -0.3 is 9.45 Å². The highest BCUT2D eigenvalue weighted by Crippen LogP contribution is 1.92. The van der Waals surface area contributed by atoms with Gasteiger partial charge in [0.1, 0.15) is 0 Å². The van der Waals surface area contributed by atoms with Crippen LogP contribution in [0.3, 0.4) is 0 Å². The van der Waals surface area contributed by atoms with Crippen LogP contribution in [0, 0.1) is 0 Å². The summed E-state index contributed by atoms with van der Waals surface area (Å²) in [6.07, 6.45) is 4.37. The monoisotopic (exact) mass is 211 g/mol. The maximum Gasteiger partial charge on any atom is 0.217 e. The van der Waals surface area contributed by atoms with Crippen molar-refractivity contribution in [1.82, 2.24) is 0 Å². The smallest absolute Gasteiger partial charge is 0.217 e. The summed E-state index contributed by atoms with van der Waals surface area (Å²) >= 11 is 0. The first kappa shape index (κ1) is 12.8. The quantitative estimate of drug-likeness (QED) is 0.436. The SMILES string of the molecule is COS(=O)(=O)[O-].C[NH+]1CCCCC1. The Morgan fingerprint density at radius 2 is 1.62 bits per heavy atom. The van der Waals surface area contributed by atoms with Gasteiger partial charge in [-0.05, 0) is 19.3 Å². The van der Waals surface area contributed by atoms with Crippen LogP contribution in [-0.2, 0) is 14.6 Å². The lowest BCUT2D eigenvalue weighted by Gasteiger charge is -2.17. The molecular weight excluding hydrogens is 194 g/mol. The van der Waals surface area contributed by atoms with Crippen molar-refractivity contribution >= 4 is 10.4 Å². The number of quaternary nitrogens is 1. The van der Waals surface area contributed by atoms with E-state index in [-0.39, 0.29) is 0 Å². The van der Waals surface area contributed by atoms with E-state index >= 15 is 0 Å². The molecule has 1 aliphatic heterocycles. The van der Waals surface area contributed by atoms with Crippen LogP contribution < -0.4 is 4.90 Å². The molecule has 1 saturated heterocycles. The molecule has 0 atom stereocenters. The minimum absolute atomic E-state index is 0.808. The van der Waals surface area contributed by atoms with Crippen LogP contribution in [0.15, 0.2) is 0 Å². The average Bonchev–Trinajstić information content (AvgIpc) is 2.06. The Morgan fingerprint density at radius 1 is 1.23 bits per heavy atom. The summed E-state index contributed by atoms with van der Waals surface area (Å²) in [7, 11) is -1.33. The fourth-order valence-electron chi connectivity index (χ4n) is 1.16. The number of hydrogen-bond donors (Lipinski definition) is 1. The standard InChI is InChI=1S/C6H13N.CH4O4S/c1-7-5-3-2-4-6-7;1-5-6(2,3)4/h2-6H2,1H3;1H3,(H,2,3,4). The summed E-state index contributed by atoms with van der Waals surface area (Å²) in [6, 6.07) is 0. The Morgan fingerprint density at radius 3 is 1.77 bits per heavy atom. The number of likely N-dealkylation sites (tertiary alicyclic amines) is 1. The first-order chi connectivity index (χ1) is 5.95. The van der Waals surface area contributed by atoms with Crippen molar-refractivity contribution in [2.75, 3.05) is 27.2 Å². The van der Waals surface area contributed by atoms with E-state index in [1.54, 1.807) is 4.90 Å². The molecule has 0 aromatic carbocycles. The predicted molar refractivity (Wildman–Crippen MR) is 47.2 cm³/mol. The molecule has 0 bridgehead atoms. The molecule has 0 saturated carbocycles. The van der Waals surface area contributed by atoms with E-state index < -0.39 is 10.4 Å². The molecular formula is C7H17NO4S. The van der Waals surface area contributed by atoms with Gasteiger partial charge in [0.15, 0.2) is 0 Å². The predicted octanol–water partition coefficient (Wildman–Crippen LogP) is -1.22. The minimum atomic E-state index is -4.41. The molecule has 0 radical (unpaired) electrons. The normalized spacial score (nSPS) is 19.0. The van der Waals surface area contributed by atoms with E-state index in [9.17, 15) is 13.0 Å². The van der Waals surface area contributed by atoms with Gasteiger partial charge in [-0.25, -0.2) is 8.42 Å². The number of rotatable bonds is 1. The molecule has 0 aromatic rings. The highest BCUT2D eigenvalue weighted by atomic mass is 32.3. The first-order valence-corrected chi connectivity index (χ1v) is 5.62. The molecule has 1 N–H and O–H groups in total. The van der Waals surface area contributed by atoms with Gasteiger partial charge in [0, 0.05) is 0 Å². The number of nitrogens with one attached hydrogen (secondary N) is 1. The van der Waals surface area contributed by atoms with Gasteiger partial charge in [0.2, 0.25) is 10.4 Å². The van der Waals surface area contributed by atoms with Crippen molar-refractivity contribution in [2.24, 2.45) is 0 Å². The van der Waals surface area contributed by atoms with E-state index in [4.69, 9.17) is 0 Å². The fourth-order valence-corrected chi connectivity index (χ4v) is 1.16. The largest absolute Gasteiger partial charge is 0.726 e. The Kier molecular flexibility index (Phi) is 6.23. The molecule has 1 heterocycles. The summed E-state index contributed by atoms with van der Waals surface area (Å²) in [5, 5.41) is 0. The molecule has 0 unspecified atom stereocenters. The zero-order chi connectivity index (χ0) is 10.3. The molecule has 0 spiro atoms. The van der Waals surface area contributed by atoms with E-state index in [0.717, 1.165) is 7.11 Å². The topological polar surface area (TPSA) is 70.9 Å². The molecule has 0 amide bonds. The molecule has 13 heavy (non-hydrogen) atoms. The summed E-state index contributed by atoms with van der Waals surface area (Å²) in [5.41, 5.74) is 0. The Bertz CT molecular complexity index is 209. The summed E-state index contributed by atoms with van der Waals surface area (Å²) < 4.78 is 31.0. The lowest BCUT2D eigenvalue weighted by Crippen LogP contribution is -3.09. The molecule has 0 aromatic heterocycles. The Hall–Kier alpha value is -0.170. The van der Waals surface area contributed by atoms with E-state index in [0.29, 0.717) is 0 Å². The Balaban J connectivity index is 0.000000226. The van der Waals surface area contributed by atoms with Crippen LogP contribution >= 0.6 is 0 Å². The Labute approximate surface area is 79.6 Å². The minimum Gasteiger partial charge on any atom is -0.726 e. The van der Waals surface area contributed by atoms with Crippen LogP contribution in [0.1, 0.15) is 19.3 Å². The van der Waals surface area contributed by atoms with Crippen LogP contribution in [0.4, 0.5) is 0 Å². The number of piperidine rings is 1. The van der Waals surface area contributed by atoms with Crippen molar-refractivity contribution in [3.63, 3.8) is 0 Å². The average molecular weight is 211 g/mol. The molecule has 1 rings (SSSR count). The van der Waals surface area contributed by atoms with Gasteiger partial charge >= 0.3 is 0 Å². The summed E-state index contributed by atoms with van der Waals surface area (Å²) in [6.45, 7) is 2.81. The second kappa shape index (κ2) is 6.31. The second-order valence-corrected chi connectivity index (χ2v) is 4.24. The fraction of sp³-hybridized carbons (Fsp3) is 1.00. The molecule has 1 aliphatic rings. The van der Waals surface area contributed by atoms with Crippen molar-refractivity contribution in [3.8, 4) is 0 Å². The van der Waals surface area contributed by atoms with E-state index in [1.165, 1.54) is 32.4 Å². The molecule has 80 valence electrons. The van der Waals surface area contributed by atoms with Crippen molar-refractivity contribution in [2.45, 2.75) is 19.3 Å². The maximum absolute atomic E-state index is 9.22. The van der Waals surface area contributed by atoms with Crippen LogP contribution in [0.25, 0.3) is 0 Å². The second-order valence-electron chi connectivity index (χ2n) is 3.09. The highest BCUT2D eigenvalue weighted by Gasteiger charge is 2.05. The highest BCUT2D eigenvalue weighted by molar-refractivity contribution is 7.80. The molecule has 1 fully saturated rings. The lowest BCUT2D eigenvalue weighted by molar-refractivity contribution is -0.884. The van der Waals surface area contributed by atoms with E-state index in [2.05, 4.69) is 11.2 Å². The van der Waals surface area contributed by atoms with Crippen molar-refractivity contribution in [1.29, 1.82) is 0 Å². The van der Waals surface area contributed by atoms with Gasteiger partial charge in [0.25, 0.3) is 0 Å². The van der Waals surface area contributed by atoms with Crippen molar-refractivity contribution in [3.05, 3.63) is 0 Å². The summed E-state index contributed by atoms with van der Waals surface area (Å²) in [4.78, 5) is 1.71. The third-order valence-corrected chi connectivity index (χ3v) is 2.32. The molecule has 6 heteroatoms. The molecule has 0 aliphatic carbocycles. The first-order valence-electron chi connectivity index (χ1n) is 4.28. The summed E-state index contributed by atoms with van der Waals surface area (Å²) in [5.74, 6) is 0. The van der Waals surface area contributed by atoms with Gasteiger partial charge in [-0.1, -0.05) is 0 Å². The third-order valence-electron chi connectivity index (χ3n) is 1.91. The van der Waals surface area contributed by atoms with Crippen LogP contribution in [0.2, 0.25) is 0 Å². The van der Waals surface area contributed by atoms with Crippen LogP contribution in [-0.4, -0.2) is 40.2 Å². The zero-order valence-electron chi connectivity index (χ0n) is 8.08. The zero-order valence-corrected chi connectivity index (χ0v) is 8.89. The van der Waals surface area contributed by atoms with Gasteiger partial charge in [-0.3, -0.25) is 4.18 Å². The van der Waals surface area contributed by atoms with E-state index in [1.807, 2.05) is 0 Å².